The van der Waals surface area contributed by atoms with Crippen LogP contribution < -0.4 is 5.32 Å². The summed E-state index contributed by atoms with van der Waals surface area (Å²) in [6, 6.07) is 0.0451. The summed E-state index contributed by atoms with van der Waals surface area (Å²) in [7, 11) is 0. The van der Waals surface area contributed by atoms with Gasteiger partial charge in [-0.25, -0.2) is 0 Å². The van der Waals surface area contributed by atoms with Gasteiger partial charge in [0, 0.05) is 26.2 Å². The molecule has 16 heavy (non-hydrogen) atoms. The van der Waals surface area contributed by atoms with Gasteiger partial charge < -0.3 is 5.32 Å². The van der Waals surface area contributed by atoms with Gasteiger partial charge in [-0.05, 0) is 6.42 Å². The van der Waals surface area contributed by atoms with E-state index < -0.39 is 0 Å². The summed E-state index contributed by atoms with van der Waals surface area (Å²) in [4.78, 5) is 13.2. The third kappa shape index (κ3) is 5.08. The lowest BCUT2D eigenvalue weighted by Crippen LogP contribution is -2.49. The van der Waals surface area contributed by atoms with Crippen LogP contribution in [0.2, 0.25) is 0 Å². The van der Waals surface area contributed by atoms with E-state index in [2.05, 4.69) is 23.4 Å². The average Bonchev–Trinajstić information content (AvgIpc) is 2.35. The summed E-state index contributed by atoms with van der Waals surface area (Å²) in [6.07, 6.45) is 9.55. The first-order valence-electron chi connectivity index (χ1n) is 6.71. The number of hydrogen-bond acceptors (Lipinski definition) is 3. The van der Waals surface area contributed by atoms with Crippen LogP contribution >= 0.6 is 0 Å². The minimum absolute atomic E-state index is 0.0451. The normalized spacial score (nSPS) is 19.6. The van der Waals surface area contributed by atoms with Crippen LogP contribution in [0, 0.1) is 0 Å². The van der Waals surface area contributed by atoms with Gasteiger partial charge in [-0.3, -0.25) is 9.69 Å². The third-order valence-corrected chi connectivity index (χ3v) is 3.31. The molecule has 1 aliphatic heterocycles. The minimum atomic E-state index is 0.0451. The van der Waals surface area contributed by atoms with Crippen LogP contribution in [0.4, 0.5) is 0 Å². The fraction of sp³-hybridized carbons (Fsp3) is 0.923. The molecule has 0 bridgehead atoms. The molecule has 1 radical (unpaired) electrons. The Bertz CT molecular complexity index is 179. The second-order valence-corrected chi connectivity index (χ2v) is 4.62. The number of carbonyl (C=O) groups excluding carboxylic acids is 1. The molecule has 3 heteroatoms. The maximum atomic E-state index is 10.9. The molecule has 1 N–H and O–H groups in total. The lowest BCUT2D eigenvalue weighted by molar-refractivity contribution is 0.199. The molecular formula is C13H25N2O. The van der Waals surface area contributed by atoms with Gasteiger partial charge in [0.2, 0.25) is 6.29 Å². The van der Waals surface area contributed by atoms with Gasteiger partial charge in [0.1, 0.15) is 0 Å². The van der Waals surface area contributed by atoms with Gasteiger partial charge in [-0.1, -0.05) is 39.0 Å². The van der Waals surface area contributed by atoms with Crippen molar-refractivity contribution >= 4 is 6.29 Å². The lowest BCUT2D eigenvalue weighted by atomic mass is 10.1. The van der Waals surface area contributed by atoms with Crippen molar-refractivity contribution in [1.29, 1.82) is 0 Å². The molecular weight excluding hydrogens is 200 g/mol. The highest BCUT2D eigenvalue weighted by atomic mass is 16.1. The molecule has 1 rings (SSSR count). The van der Waals surface area contributed by atoms with E-state index in [1.807, 2.05) is 0 Å². The first-order chi connectivity index (χ1) is 7.88. The molecule has 3 nitrogen and oxygen atoms in total. The zero-order valence-corrected chi connectivity index (χ0v) is 10.5. The summed E-state index contributed by atoms with van der Waals surface area (Å²) >= 11 is 0. The first-order valence-corrected chi connectivity index (χ1v) is 6.71. The quantitative estimate of drug-likeness (QED) is 0.639. The van der Waals surface area contributed by atoms with E-state index in [1.54, 1.807) is 0 Å². The highest BCUT2D eigenvalue weighted by molar-refractivity contribution is 5.58. The SMILES string of the molecule is CCCCCCCC([C]=O)N1CCNCC1. The smallest absolute Gasteiger partial charge is 0.217 e. The maximum absolute atomic E-state index is 10.9. The largest absolute Gasteiger partial charge is 0.314 e. The monoisotopic (exact) mass is 225 g/mol. The Balaban J connectivity index is 2.12. The molecule has 1 unspecified atom stereocenters. The zero-order chi connectivity index (χ0) is 11.6. The molecule has 0 aromatic rings. The number of hydrogen-bond donors (Lipinski definition) is 1. The van der Waals surface area contributed by atoms with Crippen molar-refractivity contribution < 1.29 is 4.79 Å². The Kier molecular flexibility index (Phi) is 7.43. The van der Waals surface area contributed by atoms with Crippen LogP contribution in [0.5, 0.6) is 0 Å². The number of piperazine rings is 1. The molecule has 93 valence electrons. The number of rotatable bonds is 8. The molecule has 0 saturated carbocycles. The van der Waals surface area contributed by atoms with Crippen LogP contribution in [0.15, 0.2) is 0 Å². The van der Waals surface area contributed by atoms with E-state index in [1.165, 1.54) is 32.1 Å². The molecule has 0 aromatic heterocycles. The van der Waals surface area contributed by atoms with Gasteiger partial charge in [0.25, 0.3) is 0 Å². The topological polar surface area (TPSA) is 32.3 Å². The van der Waals surface area contributed by atoms with E-state index in [0.29, 0.717) is 0 Å². The summed E-state index contributed by atoms with van der Waals surface area (Å²) in [5.41, 5.74) is 0. The van der Waals surface area contributed by atoms with Crippen LogP contribution in [-0.4, -0.2) is 43.4 Å². The summed E-state index contributed by atoms with van der Waals surface area (Å²) < 4.78 is 0. The fourth-order valence-electron chi connectivity index (χ4n) is 2.25. The van der Waals surface area contributed by atoms with Gasteiger partial charge in [-0.2, -0.15) is 0 Å². The Morgan fingerprint density at radius 2 is 1.88 bits per heavy atom. The lowest BCUT2D eigenvalue weighted by Gasteiger charge is -2.31. The van der Waals surface area contributed by atoms with Crippen molar-refractivity contribution in [2.75, 3.05) is 26.2 Å². The van der Waals surface area contributed by atoms with Crippen LogP contribution in [0.25, 0.3) is 0 Å². The molecule has 0 aliphatic carbocycles. The third-order valence-electron chi connectivity index (χ3n) is 3.31. The predicted octanol–water partition coefficient (Wildman–Crippen LogP) is 1.73. The number of nitrogens with one attached hydrogen (secondary N) is 1. The summed E-state index contributed by atoms with van der Waals surface area (Å²) in [5.74, 6) is 0. The average molecular weight is 225 g/mol. The van der Waals surface area contributed by atoms with Crippen molar-refractivity contribution in [2.45, 2.75) is 51.5 Å². The second kappa shape index (κ2) is 8.71. The summed E-state index contributed by atoms with van der Waals surface area (Å²) in [6.45, 7) is 6.23. The molecule has 0 aromatic carbocycles. The van der Waals surface area contributed by atoms with Crippen molar-refractivity contribution in [3.8, 4) is 0 Å². The van der Waals surface area contributed by atoms with Crippen molar-refractivity contribution in [3.05, 3.63) is 0 Å². The minimum Gasteiger partial charge on any atom is -0.314 e. The van der Waals surface area contributed by atoms with E-state index in [0.717, 1.165) is 32.6 Å². The molecule has 1 heterocycles. The first kappa shape index (κ1) is 13.7. The Morgan fingerprint density at radius 3 is 2.50 bits per heavy atom. The molecule has 1 atom stereocenters. The van der Waals surface area contributed by atoms with Gasteiger partial charge in [0.15, 0.2) is 0 Å². The molecule has 0 amide bonds. The van der Waals surface area contributed by atoms with Crippen molar-refractivity contribution in [2.24, 2.45) is 0 Å². The van der Waals surface area contributed by atoms with Gasteiger partial charge in [0.05, 0.1) is 6.04 Å². The van der Waals surface area contributed by atoms with Gasteiger partial charge in [-0.15, -0.1) is 0 Å². The second-order valence-electron chi connectivity index (χ2n) is 4.62. The van der Waals surface area contributed by atoms with Crippen LogP contribution in [0.3, 0.4) is 0 Å². The maximum Gasteiger partial charge on any atom is 0.217 e. The zero-order valence-electron chi connectivity index (χ0n) is 10.5. The predicted molar refractivity (Wildman–Crippen MR) is 67.3 cm³/mol. The van der Waals surface area contributed by atoms with Gasteiger partial charge >= 0.3 is 0 Å². The summed E-state index contributed by atoms with van der Waals surface area (Å²) in [5, 5.41) is 3.31. The van der Waals surface area contributed by atoms with Crippen LogP contribution in [-0.2, 0) is 4.79 Å². The highest BCUT2D eigenvalue weighted by Crippen LogP contribution is 2.11. The van der Waals surface area contributed by atoms with E-state index in [-0.39, 0.29) is 6.04 Å². The molecule has 0 spiro atoms. The Hall–Kier alpha value is -0.410. The van der Waals surface area contributed by atoms with E-state index in [9.17, 15) is 4.79 Å². The standard InChI is InChI=1S/C13H25N2O/c1-2-3-4-5-6-7-13(12-16)15-10-8-14-9-11-15/h13-14H,2-11H2,1H3. The Labute approximate surface area is 99.6 Å². The van der Waals surface area contributed by atoms with Crippen LogP contribution in [0.1, 0.15) is 45.4 Å². The van der Waals surface area contributed by atoms with Crippen molar-refractivity contribution in [1.82, 2.24) is 10.2 Å². The van der Waals surface area contributed by atoms with E-state index in [4.69, 9.17) is 0 Å². The van der Waals surface area contributed by atoms with E-state index >= 15 is 0 Å². The number of unbranched alkanes of at least 4 members (excludes halogenated alkanes) is 4. The Morgan fingerprint density at radius 1 is 1.19 bits per heavy atom. The number of nitrogens with zero attached hydrogens (tertiary/aromatic N) is 1. The molecule has 1 aliphatic rings. The molecule has 1 fully saturated rings. The fourth-order valence-corrected chi connectivity index (χ4v) is 2.25. The molecule has 1 saturated heterocycles. The van der Waals surface area contributed by atoms with Crippen molar-refractivity contribution in [3.63, 3.8) is 0 Å². The highest BCUT2D eigenvalue weighted by Gasteiger charge is 2.19.